The summed E-state index contributed by atoms with van der Waals surface area (Å²) in [6, 6.07) is 0.252. The van der Waals surface area contributed by atoms with Gasteiger partial charge in [-0.1, -0.05) is 26.2 Å². The summed E-state index contributed by atoms with van der Waals surface area (Å²) in [5.41, 5.74) is 0.347. The van der Waals surface area contributed by atoms with E-state index in [-0.39, 0.29) is 17.9 Å². The van der Waals surface area contributed by atoms with Crippen molar-refractivity contribution < 1.29 is 9.59 Å². The van der Waals surface area contributed by atoms with Crippen LogP contribution >= 0.6 is 0 Å². The highest BCUT2D eigenvalue weighted by atomic mass is 16.2. The molecule has 0 radical (unpaired) electrons. The number of carbonyl (C=O) groups is 2. The van der Waals surface area contributed by atoms with E-state index in [1.807, 2.05) is 0 Å². The van der Waals surface area contributed by atoms with E-state index in [1.165, 1.54) is 25.2 Å². The number of nitrogens with one attached hydrogen (secondary N) is 1. The summed E-state index contributed by atoms with van der Waals surface area (Å²) in [5.74, 6) is -0.115. The summed E-state index contributed by atoms with van der Waals surface area (Å²) in [6.07, 6.45) is 11.5. The van der Waals surface area contributed by atoms with E-state index >= 15 is 0 Å². The number of hydrogen-bond acceptors (Lipinski definition) is 4. The van der Waals surface area contributed by atoms with Gasteiger partial charge in [-0.2, -0.15) is 0 Å². The van der Waals surface area contributed by atoms with E-state index in [4.69, 9.17) is 0 Å². The second kappa shape index (κ2) is 9.22. The van der Waals surface area contributed by atoms with Gasteiger partial charge in [0.1, 0.15) is 5.69 Å². The first-order valence-corrected chi connectivity index (χ1v) is 8.56. The van der Waals surface area contributed by atoms with Crippen molar-refractivity contribution in [1.82, 2.24) is 20.2 Å². The van der Waals surface area contributed by atoms with Crippen LogP contribution in [0.3, 0.4) is 0 Å². The summed E-state index contributed by atoms with van der Waals surface area (Å²) >= 11 is 0. The number of rotatable bonds is 10. The van der Waals surface area contributed by atoms with Crippen LogP contribution in [0.4, 0.5) is 0 Å². The van der Waals surface area contributed by atoms with Crippen molar-refractivity contribution in [1.29, 1.82) is 0 Å². The zero-order chi connectivity index (χ0) is 16.5. The van der Waals surface area contributed by atoms with E-state index < -0.39 is 0 Å². The minimum absolute atomic E-state index is 0.0131. The highest BCUT2D eigenvalue weighted by Gasteiger charge is 2.33. The molecule has 1 N–H and O–H groups in total. The van der Waals surface area contributed by atoms with Gasteiger partial charge in [-0.05, 0) is 19.3 Å². The molecule has 0 aromatic carbocycles. The second-order valence-electron chi connectivity index (χ2n) is 5.98. The molecular formula is C17H26N4O2. The fourth-order valence-electron chi connectivity index (χ4n) is 2.48. The molecule has 0 saturated heterocycles. The molecule has 1 heterocycles. The number of aromatic nitrogens is 2. The van der Waals surface area contributed by atoms with Gasteiger partial charge in [-0.15, -0.1) is 0 Å². The number of nitrogens with zero attached hydrogens (tertiary/aromatic N) is 3. The maximum absolute atomic E-state index is 12.5. The lowest BCUT2D eigenvalue weighted by Crippen LogP contribution is -2.37. The van der Waals surface area contributed by atoms with Gasteiger partial charge in [0.25, 0.3) is 5.91 Å². The first-order valence-electron chi connectivity index (χ1n) is 8.56. The molecule has 0 unspecified atom stereocenters. The summed E-state index contributed by atoms with van der Waals surface area (Å²) in [7, 11) is 0. The van der Waals surface area contributed by atoms with E-state index in [9.17, 15) is 9.59 Å². The molecular weight excluding hydrogens is 292 g/mol. The molecule has 1 aromatic heterocycles. The second-order valence-corrected chi connectivity index (χ2v) is 5.98. The number of amides is 2. The maximum Gasteiger partial charge on any atom is 0.274 e. The highest BCUT2D eigenvalue weighted by Crippen LogP contribution is 2.28. The normalized spacial score (nSPS) is 13.6. The molecule has 0 spiro atoms. The molecule has 23 heavy (non-hydrogen) atoms. The minimum atomic E-state index is -0.128. The van der Waals surface area contributed by atoms with Gasteiger partial charge in [0, 0.05) is 37.9 Å². The van der Waals surface area contributed by atoms with Crippen molar-refractivity contribution in [3.05, 3.63) is 24.3 Å². The molecule has 6 heteroatoms. The Morgan fingerprint density at radius 2 is 2.09 bits per heavy atom. The molecule has 1 fully saturated rings. The molecule has 0 bridgehead atoms. The maximum atomic E-state index is 12.5. The Balaban J connectivity index is 1.75. The van der Waals surface area contributed by atoms with Crippen LogP contribution in [0.25, 0.3) is 0 Å². The van der Waals surface area contributed by atoms with Crippen LogP contribution in [-0.4, -0.2) is 45.8 Å². The molecule has 1 saturated carbocycles. The van der Waals surface area contributed by atoms with Gasteiger partial charge in [0.05, 0.1) is 6.20 Å². The van der Waals surface area contributed by atoms with Gasteiger partial charge in [-0.3, -0.25) is 14.6 Å². The van der Waals surface area contributed by atoms with Crippen molar-refractivity contribution in [2.45, 2.75) is 57.9 Å². The molecule has 0 atom stereocenters. The molecule has 1 aliphatic carbocycles. The van der Waals surface area contributed by atoms with Crippen LogP contribution < -0.4 is 5.32 Å². The van der Waals surface area contributed by atoms with Crippen molar-refractivity contribution in [3.8, 4) is 0 Å². The minimum Gasteiger partial charge on any atom is -0.356 e. The lowest BCUT2D eigenvalue weighted by Gasteiger charge is -2.21. The van der Waals surface area contributed by atoms with Crippen LogP contribution in [0.2, 0.25) is 0 Å². The van der Waals surface area contributed by atoms with Crippen LogP contribution in [0, 0.1) is 0 Å². The average molecular weight is 318 g/mol. The first kappa shape index (κ1) is 17.4. The van der Waals surface area contributed by atoms with E-state index in [1.54, 1.807) is 11.1 Å². The highest BCUT2D eigenvalue weighted by molar-refractivity contribution is 5.92. The molecule has 126 valence electrons. The Bertz CT molecular complexity index is 503. The van der Waals surface area contributed by atoms with Gasteiger partial charge in [0.15, 0.2) is 0 Å². The first-order chi connectivity index (χ1) is 11.2. The van der Waals surface area contributed by atoms with Crippen LogP contribution in [0.15, 0.2) is 18.6 Å². The SMILES string of the molecule is CCCCCCNC(=O)CCN(C(=O)c1cnccn1)C1CC1. The van der Waals surface area contributed by atoms with E-state index in [0.29, 0.717) is 18.7 Å². The Morgan fingerprint density at radius 1 is 1.26 bits per heavy atom. The molecule has 2 rings (SSSR count). The number of carbonyl (C=O) groups excluding carboxylic acids is 2. The standard InChI is InChI=1S/C17H26N4O2/c1-2-3-4-5-9-20-16(22)8-12-21(14-6-7-14)17(23)15-13-18-10-11-19-15/h10-11,13-14H,2-9,12H2,1H3,(H,20,22). The van der Waals surface area contributed by atoms with Crippen LogP contribution in [0.5, 0.6) is 0 Å². The smallest absolute Gasteiger partial charge is 0.274 e. The van der Waals surface area contributed by atoms with Gasteiger partial charge in [0.2, 0.25) is 5.91 Å². The van der Waals surface area contributed by atoms with Crippen molar-refractivity contribution in [3.63, 3.8) is 0 Å². The summed E-state index contributed by atoms with van der Waals surface area (Å²) in [5, 5.41) is 2.93. The summed E-state index contributed by atoms with van der Waals surface area (Å²) in [6.45, 7) is 3.33. The molecule has 2 amide bonds. The fraction of sp³-hybridized carbons (Fsp3) is 0.647. The van der Waals surface area contributed by atoms with Crippen molar-refractivity contribution in [2.75, 3.05) is 13.1 Å². The quantitative estimate of drug-likeness (QED) is 0.671. The zero-order valence-electron chi connectivity index (χ0n) is 13.8. The number of hydrogen-bond donors (Lipinski definition) is 1. The zero-order valence-corrected chi connectivity index (χ0v) is 13.8. The Hall–Kier alpha value is -1.98. The van der Waals surface area contributed by atoms with Gasteiger partial charge < -0.3 is 10.2 Å². The monoisotopic (exact) mass is 318 g/mol. The lowest BCUT2D eigenvalue weighted by atomic mass is 10.2. The van der Waals surface area contributed by atoms with E-state index in [0.717, 1.165) is 32.2 Å². The number of unbranched alkanes of at least 4 members (excludes halogenated alkanes) is 3. The lowest BCUT2D eigenvalue weighted by molar-refractivity contribution is -0.121. The Morgan fingerprint density at radius 3 is 2.74 bits per heavy atom. The van der Waals surface area contributed by atoms with Crippen molar-refractivity contribution in [2.24, 2.45) is 0 Å². The molecule has 0 aliphatic heterocycles. The van der Waals surface area contributed by atoms with Crippen molar-refractivity contribution >= 4 is 11.8 Å². The Labute approximate surface area is 137 Å². The largest absolute Gasteiger partial charge is 0.356 e. The molecule has 6 nitrogen and oxygen atoms in total. The Kier molecular flexibility index (Phi) is 6.97. The topological polar surface area (TPSA) is 75.2 Å². The molecule has 1 aliphatic rings. The average Bonchev–Trinajstić information content (AvgIpc) is 3.40. The third-order valence-electron chi connectivity index (χ3n) is 3.96. The van der Waals surface area contributed by atoms with Gasteiger partial charge >= 0.3 is 0 Å². The predicted octanol–water partition coefficient (Wildman–Crippen LogP) is 2.17. The van der Waals surface area contributed by atoms with Crippen LogP contribution in [0.1, 0.15) is 62.4 Å². The summed E-state index contributed by atoms with van der Waals surface area (Å²) in [4.78, 5) is 34.1. The summed E-state index contributed by atoms with van der Waals surface area (Å²) < 4.78 is 0. The third-order valence-corrected chi connectivity index (χ3v) is 3.96. The fourth-order valence-corrected chi connectivity index (χ4v) is 2.48. The predicted molar refractivity (Wildman–Crippen MR) is 87.9 cm³/mol. The van der Waals surface area contributed by atoms with Crippen LogP contribution in [-0.2, 0) is 4.79 Å². The van der Waals surface area contributed by atoms with Gasteiger partial charge in [-0.25, -0.2) is 4.98 Å². The van der Waals surface area contributed by atoms with E-state index in [2.05, 4.69) is 22.2 Å². The molecule has 1 aromatic rings. The third kappa shape index (κ3) is 5.96.